The van der Waals surface area contributed by atoms with Crippen molar-refractivity contribution in [1.29, 1.82) is 0 Å². The highest BCUT2D eigenvalue weighted by molar-refractivity contribution is 6.24. The van der Waals surface area contributed by atoms with E-state index in [9.17, 15) is 14.4 Å². The molecule has 0 heterocycles. The molecule has 0 radical (unpaired) electrons. The third-order valence-corrected chi connectivity index (χ3v) is 8.40. The number of ether oxygens (including phenoxy) is 1. The first kappa shape index (κ1) is 29.1. The number of amides is 2. The van der Waals surface area contributed by atoms with Crippen molar-refractivity contribution in [3.8, 4) is 5.75 Å². The minimum absolute atomic E-state index is 0.0428. The topological polar surface area (TPSA) is 84.5 Å². The van der Waals surface area contributed by atoms with Crippen molar-refractivity contribution in [2.75, 3.05) is 18.5 Å². The number of carbonyl (C=O) groups excluding carboxylic acids is 3. The molecular formula is C38H36N2O4. The lowest BCUT2D eigenvalue weighted by Gasteiger charge is -2.20. The molecule has 6 nitrogen and oxygen atoms in total. The molecule has 0 fully saturated rings. The number of unbranched alkanes of at least 4 members (excludes halogenated alkanes) is 1. The normalized spacial score (nSPS) is 13.1. The van der Waals surface area contributed by atoms with Gasteiger partial charge in [0, 0.05) is 30.3 Å². The van der Waals surface area contributed by atoms with Gasteiger partial charge in [0.05, 0.1) is 12.2 Å². The van der Waals surface area contributed by atoms with Crippen LogP contribution in [0, 0.1) is 10.4 Å². The molecule has 44 heavy (non-hydrogen) atoms. The molecule has 0 aliphatic heterocycles. The molecule has 0 saturated heterocycles. The number of fused-ring (bicyclic) bond motifs is 4. The molecular weight excluding hydrogens is 548 g/mol. The van der Waals surface area contributed by atoms with Crippen LogP contribution < -0.4 is 25.8 Å². The highest BCUT2D eigenvalue weighted by atomic mass is 16.5. The summed E-state index contributed by atoms with van der Waals surface area (Å²) >= 11 is 0. The van der Waals surface area contributed by atoms with Gasteiger partial charge in [0.2, 0.25) is 5.91 Å². The van der Waals surface area contributed by atoms with Crippen LogP contribution in [0.1, 0.15) is 64.4 Å². The van der Waals surface area contributed by atoms with Crippen molar-refractivity contribution >= 4 is 34.9 Å². The van der Waals surface area contributed by atoms with E-state index in [0.717, 1.165) is 49.3 Å². The maximum atomic E-state index is 13.8. The van der Waals surface area contributed by atoms with Crippen molar-refractivity contribution in [1.82, 2.24) is 5.32 Å². The van der Waals surface area contributed by atoms with E-state index in [1.807, 2.05) is 6.07 Å². The summed E-state index contributed by atoms with van der Waals surface area (Å²) < 4.78 is 5.88. The van der Waals surface area contributed by atoms with Gasteiger partial charge in [-0.1, -0.05) is 54.6 Å². The molecule has 6 rings (SSSR count). The number of hydrogen-bond acceptors (Lipinski definition) is 4. The first-order valence-electron chi connectivity index (χ1n) is 15.4. The third-order valence-electron chi connectivity index (χ3n) is 8.40. The summed E-state index contributed by atoms with van der Waals surface area (Å²) in [5, 5.41) is 10.6. The maximum absolute atomic E-state index is 13.8. The van der Waals surface area contributed by atoms with Gasteiger partial charge < -0.3 is 15.4 Å². The quantitative estimate of drug-likeness (QED) is 0.198. The average Bonchev–Trinajstić information content (AvgIpc) is 3.05. The molecule has 0 spiro atoms. The first-order chi connectivity index (χ1) is 21.5. The van der Waals surface area contributed by atoms with Crippen LogP contribution >= 0.6 is 0 Å². The Morgan fingerprint density at radius 1 is 0.773 bits per heavy atom. The Bertz CT molecular complexity index is 1960. The maximum Gasteiger partial charge on any atom is 0.259 e. The van der Waals surface area contributed by atoms with E-state index in [4.69, 9.17) is 4.74 Å². The molecule has 2 aliphatic rings. The van der Waals surface area contributed by atoms with Crippen LogP contribution in [0.5, 0.6) is 5.75 Å². The van der Waals surface area contributed by atoms with Gasteiger partial charge in [-0.2, -0.15) is 0 Å². The number of ketones is 1. The van der Waals surface area contributed by atoms with Crippen LogP contribution in [0.25, 0.3) is 11.6 Å². The summed E-state index contributed by atoms with van der Waals surface area (Å²) in [6.07, 6.45) is 7.42. The Morgan fingerprint density at radius 3 is 2.39 bits per heavy atom. The summed E-state index contributed by atoms with van der Waals surface area (Å²) in [5.41, 5.74) is 5.18. The van der Waals surface area contributed by atoms with Crippen molar-refractivity contribution in [3.05, 3.63) is 128 Å². The SMILES string of the molecule is CC(=O)NCCCCOc1ccccc1C(=O)Nc1ccc(C(=O)C2=c3ccc4c(c3CCC2)CC=c2ccccc2=4)cc1. The van der Waals surface area contributed by atoms with Gasteiger partial charge in [0.1, 0.15) is 5.75 Å². The van der Waals surface area contributed by atoms with E-state index in [1.165, 1.54) is 33.7 Å². The Hall–Kier alpha value is -4.97. The molecule has 2 aliphatic carbocycles. The predicted octanol–water partition coefficient (Wildman–Crippen LogP) is 5.23. The zero-order valence-electron chi connectivity index (χ0n) is 25.0. The molecule has 4 aromatic carbocycles. The van der Waals surface area contributed by atoms with Crippen LogP contribution in [0.4, 0.5) is 5.69 Å². The van der Waals surface area contributed by atoms with Gasteiger partial charge in [-0.25, -0.2) is 0 Å². The number of anilines is 1. The predicted molar refractivity (Wildman–Crippen MR) is 173 cm³/mol. The van der Waals surface area contributed by atoms with E-state index in [1.54, 1.807) is 42.5 Å². The lowest BCUT2D eigenvalue weighted by Crippen LogP contribution is -2.25. The van der Waals surface area contributed by atoms with Crippen LogP contribution in [0.2, 0.25) is 0 Å². The molecule has 0 aromatic heterocycles. The van der Waals surface area contributed by atoms with E-state index in [2.05, 4.69) is 53.1 Å². The molecule has 0 bridgehead atoms. The smallest absolute Gasteiger partial charge is 0.259 e. The second kappa shape index (κ2) is 13.1. The summed E-state index contributed by atoms with van der Waals surface area (Å²) in [7, 11) is 0. The monoisotopic (exact) mass is 584 g/mol. The molecule has 2 N–H and O–H groups in total. The number of hydrogen-bond donors (Lipinski definition) is 2. The van der Waals surface area contributed by atoms with Crippen LogP contribution in [0.15, 0.2) is 84.9 Å². The fraction of sp³-hybridized carbons (Fsp3) is 0.237. The largest absolute Gasteiger partial charge is 0.493 e. The average molecular weight is 585 g/mol. The molecule has 0 unspecified atom stereocenters. The van der Waals surface area contributed by atoms with Crippen LogP contribution in [0.3, 0.4) is 0 Å². The zero-order chi connectivity index (χ0) is 30.5. The molecule has 222 valence electrons. The van der Waals surface area contributed by atoms with Gasteiger partial charge in [0.15, 0.2) is 5.78 Å². The number of nitrogens with one attached hydrogen (secondary N) is 2. The molecule has 0 saturated carbocycles. The van der Waals surface area contributed by atoms with Crippen LogP contribution in [-0.2, 0) is 17.6 Å². The third kappa shape index (κ3) is 6.20. The molecule has 2 amide bonds. The van der Waals surface area contributed by atoms with E-state index in [-0.39, 0.29) is 17.6 Å². The molecule has 4 aromatic rings. The summed E-state index contributed by atoms with van der Waals surface area (Å²) in [6.45, 7) is 2.53. The lowest BCUT2D eigenvalue weighted by atomic mass is 9.84. The van der Waals surface area contributed by atoms with E-state index < -0.39 is 0 Å². The number of para-hydroxylation sites is 1. The highest BCUT2D eigenvalue weighted by Gasteiger charge is 2.21. The molecule has 0 atom stereocenters. The van der Waals surface area contributed by atoms with E-state index in [0.29, 0.717) is 35.7 Å². The first-order valence-corrected chi connectivity index (χ1v) is 15.4. The van der Waals surface area contributed by atoms with Crippen molar-refractivity contribution in [2.24, 2.45) is 0 Å². The Morgan fingerprint density at radius 2 is 1.55 bits per heavy atom. The van der Waals surface area contributed by atoms with Crippen LogP contribution in [-0.4, -0.2) is 30.7 Å². The lowest BCUT2D eigenvalue weighted by molar-refractivity contribution is -0.118. The minimum Gasteiger partial charge on any atom is -0.493 e. The standard InChI is InChI=1S/C38H36N2O4/c1-25(41)39-23-6-7-24-44-36-14-5-4-11-35(36)38(43)40-28-18-15-27(16-19-28)37(42)34-13-8-12-30-32-20-17-26-9-2-3-10-29(26)31(32)21-22-33(30)34/h2-5,9-11,14-19,21-22H,6-8,12-13,20,23-24H2,1H3,(H,39,41)(H,40,43). The van der Waals surface area contributed by atoms with Gasteiger partial charge in [0.25, 0.3) is 5.91 Å². The van der Waals surface area contributed by atoms with Gasteiger partial charge >= 0.3 is 0 Å². The number of rotatable bonds is 10. The fourth-order valence-electron chi connectivity index (χ4n) is 6.22. The Kier molecular flexibility index (Phi) is 8.69. The second-order valence-electron chi connectivity index (χ2n) is 11.3. The Balaban J connectivity index is 1.17. The fourth-order valence-corrected chi connectivity index (χ4v) is 6.22. The number of carbonyl (C=O) groups is 3. The van der Waals surface area contributed by atoms with Gasteiger partial charge in [-0.3, -0.25) is 14.4 Å². The Labute approximate surface area is 256 Å². The summed E-state index contributed by atoms with van der Waals surface area (Å²) in [4.78, 5) is 37.9. The minimum atomic E-state index is -0.281. The van der Waals surface area contributed by atoms with Gasteiger partial charge in [-0.15, -0.1) is 0 Å². The van der Waals surface area contributed by atoms with Crippen molar-refractivity contribution < 1.29 is 19.1 Å². The second-order valence-corrected chi connectivity index (χ2v) is 11.3. The number of Topliss-reactive ketones (excluding diaryl/α,β-unsaturated/α-hetero) is 1. The number of benzene rings is 4. The van der Waals surface area contributed by atoms with Crippen molar-refractivity contribution in [2.45, 2.75) is 45.4 Å². The van der Waals surface area contributed by atoms with E-state index >= 15 is 0 Å². The van der Waals surface area contributed by atoms with Gasteiger partial charge in [-0.05, 0) is 107 Å². The summed E-state index contributed by atoms with van der Waals surface area (Å²) in [6, 6.07) is 27.1. The molecule has 6 heteroatoms. The summed E-state index contributed by atoms with van der Waals surface area (Å²) in [5.74, 6) is 0.220. The highest BCUT2D eigenvalue weighted by Crippen LogP contribution is 2.25. The zero-order valence-corrected chi connectivity index (χ0v) is 25.0. The van der Waals surface area contributed by atoms with Crippen molar-refractivity contribution in [3.63, 3.8) is 0 Å².